The highest BCUT2D eigenvalue weighted by Gasteiger charge is 2.23. The van der Waals surface area contributed by atoms with Gasteiger partial charge < -0.3 is 4.74 Å². The van der Waals surface area contributed by atoms with E-state index in [2.05, 4.69) is 20.4 Å². The molecule has 0 unspecified atom stereocenters. The minimum Gasteiger partial charge on any atom is -0.462 e. The Kier molecular flexibility index (Phi) is 5.73. The van der Waals surface area contributed by atoms with Crippen LogP contribution in [-0.2, 0) is 9.53 Å². The molecule has 1 rings (SSSR count). The van der Waals surface area contributed by atoms with Crippen LogP contribution in [-0.4, -0.2) is 12.6 Å². The Morgan fingerprint density at radius 1 is 1.29 bits per heavy atom. The van der Waals surface area contributed by atoms with E-state index in [-0.39, 0.29) is 5.97 Å². The van der Waals surface area contributed by atoms with E-state index in [9.17, 15) is 4.79 Å². The Balaban J connectivity index is 2.14. The van der Waals surface area contributed by atoms with Crippen molar-refractivity contribution in [3.8, 4) is 0 Å². The molecule has 1 aliphatic rings. The van der Waals surface area contributed by atoms with E-state index in [0.29, 0.717) is 12.2 Å². The molecule has 1 saturated carbocycles. The first-order chi connectivity index (χ1) is 8.00. The molecule has 0 spiro atoms. The molecule has 2 nitrogen and oxygen atoms in total. The maximum Gasteiger partial charge on any atom is 0.333 e. The van der Waals surface area contributed by atoms with Crippen molar-refractivity contribution >= 4 is 5.97 Å². The molecule has 0 atom stereocenters. The molecular weight excluding hydrogens is 212 g/mol. The van der Waals surface area contributed by atoms with E-state index in [1.165, 1.54) is 25.7 Å². The second-order valence-corrected chi connectivity index (χ2v) is 5.73. The van der Waals surface area contributed by atoms with Crippen LogP contribution in [0.15, 0.2) is 12.2 Å². The summed E-state index contributed by atoms with van der Waals surface area (Å²) < 4.78 is 5.14. The lowest BCUT2D eigenvalue weighted by Gasteiger charge is -2.30. The molecule has 0 aromatic heterocycles. The first-order valence-electron chi connectivity index (χ1n) is 6.83. The van der Waals surface area contributed by atoms with E-state index in [1.807, 2.05) is 0 Å². The van der Waals surface area contributed by atoms with Crippen molar-refractivity contribution < 1.29 is 9.53 Å². The second-order valence-electron chi connectivity index (χ2n) is 5.73. The van der Waals surface area contributed by atoms with Crippen LogP contribution in [0.3, 0.4) is 0 Å². The van der Waals surface area contributed by atoms with Crippen LogP contribution >= 0.6 is 0 Å². The van der Waals surface area contributed by atoms with Gasteiger partial charge >= 0.3 is 5.97 Å². The molecule has 0 aromatic rings. The Bertz CT molecular complexity index is 260. The van der Waals surface area contributed by atoms with Gasteiger partial charge in [0.15, 0.2) is 0 Å². The molecule has 17 heavy (non-hydrogen) atoms. The lowest BCUT2D eigenvalue weighted by atomic mass is 9.76. The summed E-state index contributed by atoms with van der Waals surface area (Å²) in [6, 6.07) is 0. The van der Waals surface area contributed by atoms with Crippen molar-refractivity contribution in [2.45, 2.75) is 52.9 Å². The minimum atomic E-state index is -0.249. The predicted octanol–water partition coefficient (Wildman–Crippen LogP) is 3.96. The number of carbonyl (C=O) groups is 1. The zero-order chi connectivity index (χ0) is 12.8. The van der Waals surface area contributed by atoms with Crippen molar-refractivity contribution in [2.75, 3.05) is 6.61 Å². The van der Waals surface area contributed by atoms with Gasteiger partial charge in [-0.3, -0.25) is 0 Å². The Labute approximate surface area is 105 Å². The predicted molar refractivity (Wildman–Crippen MR) is 70.7 cm³/mol. The molecule has 0 heterocycles. The Hall–Kier alpha value is -0.790. The van der Waals surface area contributed by atoms with E-state index in [1.54, 1.807) is 6.92 Å². The summed E-state index contributed by atoms with van der Waals surface area (Å²) in [4.78, 5) is 11.2. The monoisotopic (exact) mass is 238 g/mol. The topological polar surface area (TPSA) is 26.3 Å². The molecule has 2 heteroatoms. The molecule has 0 aliphatic heterocycles. The number of rotatable bonds is 5. The lowest BCUT2D eigenvalue weighted by molar-refractivity contribution is -0.139. The summed E-state index contributed by atoms with van der Waals surface area (Å²) >= 11 is 0. The quantitative estimate of drug-likeness (QED) is 0.535. The molecule has 0 N–H and O–H groups in total. The van der Waals surface area contributed by atoms with Crippen LogP contribution in [0, 0.1) is 17.8 Å². The summed E-state index contributed by atoms with van der Waals surface area (Å²) in [5.74, 6) is 2.23. The average Bonchev–Trinajstić information content (AvgIpc) is 2.29. The minimum absolute atomic E-state index is 0.249. The van der Waals surface area contributed by atoms with Gasteiger partial charge in [0.05, 0.1) is 6.61 Å². The first-order valence-corrected chi connectivity index (χ1v) is 6.83. The molecule has 98 valence electrons. The van der Waals surface area contributed by atoms with Gasteiger partial charge in [-0.1, -0.05) is 33.3 Å². The Morgan fingerprint density at radius 3 is 2.35 bits per heavy atom. The van der Waals surface area contributed by atoms with Crippen molar-refractivity contribution in [1.82, 2.24) is 0 Å². The zero-order valence-corrected chi connectivity index (χ0v) is 11.5. The number of hydrogen-bond acceptors (Lipinski definition) is 2. The standard InChI is InChI=1S/C15H26O2/c1-11(2)14-7-5-13(6-8-14)9-10-17-15(16)12(3)4/h11,13-14H,3,5-10H2,1-2,4H3. The zero-order valence-electron chi connectivity index (χ0n) is 11.5. The summed E-state index contributed by atoms with van der Waals surface area (Å²) in [5, 5.41) is 0. The summed E-state index contributed by atoms with van der Waals surface area (Å²) in [7, 11) is 0. The molecule has 0 radical (unpaired) electrons. The van der Waals surface area contributed by atoms with Gasteiger partial charge in [-0.05, 0) is 43.9 Å². The average molecular weight is 238 g/mol. The molecule has 1 fully saturated rings. The highest BCUT2D eigenvalue weighted by molar-refractivity contribution is 5.86. The van der Waals surface area contributed by atoms with E-state index in [0.717, 1.165) is 24.2 Å². The number of carbonyl (C=O) groups excluding carboxylic acids is 1. The van der Waals surface area contributed by atoms with Gasteiger partial charge in [0, 0.05) is 5.57 Å². The van der Waals surface area contributed by atoms with Gasteiger partial charge in [-0.2, -0.15) is 0 Å². The smallest absolute Gasteiger partial charge is 0.333 e. The number of esters is 1. The van der Waals surface area contributed by atoms with Crippen LogP contribution in [0.2, 0.25) is 0 Å². The molecule has 0 saturated heterocycles. The highest BCUT2D eigenvalue weighted by Crippen LogP contribution is 2.34. The normalized spacial score (nSPS) is 24.7. The van der Waals surface area contributed by atoms with Crippen molar-refractivity contribution in [2.24, 2.45) is 17.8 Å². The fourth-order valence-corrected chi connectivity index (χ4v) is 2.59. The second kappa shape index (κ2) is 6.83. The van der Waals surface area contributed by atoms with Crippen LogP contribution in [0.5, 0.6) is 0 Å². The van der Waals surface area contributed by atoms with E-state index in [4.69, 9.17) is 4.74 Å². The van der Waals surface area contributed by atoms with Crippen LogP contribution < -0.4 is 0 Å². The highest BCUT2D eigenvalue weighted by atomic mass is 16.5. The maximum atomic E-state index is 11.2. The molecule has 0 bridgehead atoms. The lowest BCUT2D eigenvalue weighted by Crippen LogP contribution is -2.20. The summed E-state index contributed by atoms with van der Waals surface area (Å²) in [5.41, 5.74) is 0.494. The van der Waals surface area contributed by atoms with Gasteiger partial charge in [-0.25, -0.2) is 4.79 Å². The van der Waals surface area contributed by atoms with Gasteiger partial charge in [-0.15, -0.1) is 0 Å². The molecule has 1 aliphatic carbocycles. The third-order valence-electron chi connectivity index (χ3n) is 3.94. The van der Waals surface area contributed by atoms with Crippen molar-refractivity contribution in [3.05, 3.63) is 12.2 Å². The largest absolute Gasteiger partial charge is 0.462 e. The first kappa shape index (κ1) is 14.3. The van der Waals surface area contributed by atoms with Crippen molar-refractivity contribution in [3.63, 3.8) is 0 Å². The SMILES string of the molecule is C=C(C)C(=O)OCCC1CCC(C(C)C)CC1. The van der Waals surface area contributed by atoms with Crippen LogP contribution in [0.4, 0.5) is 0 Å². The van der Waals surface area contributed by atoms with Crippen LogP contribution in [0.1, 0.15) is 52.9 Å². The maximum absolute atomic E-state index is 11.2. The van der Waals surface area contributed by atoms with Gasteiger partial charge in [0.1, 0.15) is 0 Å². The number of ether oxygens (including phenoxy) is 1. The fourth-order valence-electron chi connectivity index (χ4n) is 2.59. The molecule has 0 aromatic carbocycles. The van der Waals surface area contributed by atoms with Gasteiger partial charge in [0.25, 0.3) is 0 Å². The van der Waals surface area contributed by atoms with Crippen LogP contribution in [0.25, 0.3) is 0 Å². The summed E-state index contributed by atoms with van der Waals surface area (Å²) in [6.45, 7) is 10.5. The summed E-state index contributed by atoms with van der Waals surface area (Å²) in [6.07, 6.45) is 6.30. The number of hydrogen-bond donors (Lipinski definition) is 0. The van der Waals surface area contributed by atoms with Crippen molar-refractivity contribution in [1.29, 1.82) is 0 Å². The van der Waals surface area contributed by atoms with E-state index < -0.39 is 0 Å². The van der Waals surface area contributed by atoms with Gasteiger partial charge in [0.2, 0.25) is 0 Å². The fraction of sp³-hybridized carbons (Fsp3) is 0.800. The van der Waals surface area contributed by atoms with E-state index >= 15 is 0 Å². The Morgan fingerprint density at radius 2 is 1.88 bits per heavy atom. The molecular formula is C15H26O2. The third kappa shape index (κ3) is 4.93. The molecule has 0 amide bonds. The third-order valence-corrected chi connectivity index (χ3v) is 3.94.